The van der Waals surface area contributed by atoms with Crippen LogP contribution >= 0.6 is 0 Å². The van der Waals surface area contributed by atoms with Crippen LogP contribution in [0.15, 0.2) is 6.20 Å². The van der Waals surface area contributed by atoms with Crippen LogP contribution in [0.3, 0.4) is 0 Å². The van der Waals surface area contributed by atoms with E-state index in [1.54, 1.807) is 11.1 Å². The maximum atomic E-state index is 13.1. The van der Waals surface area contributed by atoms with Gasteiger partial charge in [-0.2, -0.15) is 0 Å². The molecule has 0 saturated carbocycles. The van der Waals surface area contributed by atoms with Gasteiger partial charge in [-0.05, 0) is 26.2 Å². The van der Waals surface area contributed by atoms with Crippen LogP contribution in [0.25, 0.3) is 0 Å². The number of rotatable bonds is 6. The summed E-state index contributed by atoms with van der Waals surface area (Å²) in [5, 5.41) is 2.61. The zero-order valence-corrected chi connectivity index (χ0v) is 14.7. The molecule has 1 fully saturated rings. The Morgan fingerprint density at radius 3 is 2.79 bits per heavy atom. The van der Waals surface area contributed by atoms with Crippen molar-refractivity contribution in [2.45, 2.75) is 51.3 Å². The Balaban J connectivity index is 2.21. The number of aryl methyl sites for hydroxylation is 1. The fourth-order valence-electron chi connectivity index (χ4n) is 3.13. The number of methoxy groups -OCH3 is 2. The lowest BCUT2D eigenvalue weighted by atomic mass is 10.1. The smallest absolute Gasteiger partial charge is 0.407 e. The monoisotopic (exact) mass is 338 g/mol. The van der Waals surface area contributed by atoms with Crippen molar-refractivity contribution in [1.82, 2.24) is 20.2 Å². The molecule has 0 unspecified atom stereocenters. The molecule has 2 heterocycles. The van der Waals surface area contributed by atoms with E-state index < -0.39 is 18.2 Å². The number of aromatic amines is 1. The molecule has 1 saturated heterocycles. The van der Waals surface area contributed by atoms with E-state index in [1.807, 2.05) is 13.8 Å². The van der Waals surface area contributed by atoms with Crippen LogP contribution in [0.4, 0.5) is 4.79 Å². The second-order valence-corrected chi connectivity index (χ2v) is 5.94. The molecular weight excluding hydrogens is 312 g/mol. The largest absolute Gasteiger partial charge is 0.453 e. The topological polar surface area (TPSA) is 96.5 Å². The standard InChI is InChI=1S/C16H26N4O4/c1-5-12(23-3)13(19-16(22)24-4)15(21)20-8-6-7-11(20)14-17-9-10(2)18-14/h9,11-13H,5-8H2,1-4H3,(H,17,18)(H,19,22)/t11-,12+,13-/m0/s1. The molecule has 3 atom stereocenters. The number of carbonyl (C=O) groups excluding carboxylic acids is 2. The summed E-state index contributed by atoms with van der Waals surface area (Å²) in [5.41, 5.74) is 0.955. The number of amides is 2. The first kappa shape index (κ1) is 18.3. The number of hydrogen-bond acceptors (Lipinski definition) is 5. The van der Waals surface area contributed by atoms with Crippen LogP contribution in [0.5, 0.6) is 0 Å². The van der Waals surface area contributed by atoms with Crippen LogP contribution in [-0.4, -0.2) is 59.8 Å². The highest BCUT2D eigenvalue weighted by Gasteiger charge is 2.39. The van der Waals surface area contributed by atoms with Gasteiger partial charge in [-0.15, -0.1) is 0 Å². The highest BCUT2D eigenvalue weighted by Crippen LogP contribution is 2.31. The maximum Gasteiger partial charge on any atom is 0.407 e. The van der Waals surface area contributed by atoms with Gasteiger partial charge in [-0.1, -0.05) is 6.92 Å². The summed E-state index contributed by atoms with van der Waals surface area (Å²) in [4.78, 5) is 34.1. The van der Waals surface area contributed by atoms with E-state index in [4.69, 9.17) is 4.74 Å². The van der Waals surface area contributed by atoms with Crippen molar-refractivity contribution in [3.63, 3.8) is 0 Å². The molecule has 2 amide bonds. The molecule has 0 aromatic carbocycles. The summed E-state index contributed by atoms with van der Waals surface area (Å²) in [6.45, 7) is 4.46. The highest BCUT2D eigenvalue weighted by molar-refractivity contribution is 5.86. The minimum Gasteiger partial charge on any atom is -0.453 e. The number of hydrogen-bond donors (Lipinski definition) is 2. The van der Waals surface area contributed by atoms with Gasteiger partial charge in [0.05, 0.1) is 19.3 Å². The SMILES string of the molecule is CC[C@@H](OC)[C@H](NC(=O)OC)C(=O)N1CCC[C@H]1c1ncc(C)[nH]1. The summed E-state index contributed by atoms with van der Waals surface area (Å²) >= 11 is 0. The van der Waals surface area contributed by atoms with E-state index in [0.29, 0.717) is 13.0 Å². The lowest BCUT2D eigenvalue weighted by Gasteiger charge is -2.31. The van der Waals surface area contributed by atoms with Crippen molar-refractivity contribution >= 4 is 12.0 Å². The minimum absolute atomic E-state index is 0.109. The molecule has 1 aromatic heterocycles. The first-order chi connectivity index (χ1) is 11.5. The third kappa shape index (κ3) is 3.87. The second-order valence-electron chi connectivity index (χ2n) is 5.94. The molecule has 1 aliphatic heterocycles. The summed E-state index contributed by atoms with van der Waals surface area (Å²) in [7, 11) is 2.81. The van der Waals surface area contributed by atoms with Crippen LogP contribution < -0.4 is 5.32 Å². The van der Waals surface area contributed by atoms with Crippen molar-refractivity contribution in [2.75, 3.05) is 20.8 Å². The molecule has 24 heavy (non-hydrogen) atoms. The predicted octanol–water partition coefficient (Wildman–Crippen LogP) is 1.53. The number of likely N-dealkylation sites (tertiary alicyclic amines) is 1. The quantitative estimate of drug-likeness (QED) is 0.820. The first-order valence-electron chi connectivity index (χ1n) is 8.21. The van der Waals surface area contributed by atoms with E-state index in [1.165, 1.54) is 14.2 Å². The Hall–Kier alpha value is -2.09. The van der Waals surface area contributed by atoms with Gasteiger partial charge < -0.3 is 24.7 Å². The number of nitrogens with one attached hydrogen (secondary N) is 2. The van der Waals surface area contributed by atoms with E-state index in [9.17, 15) is 9.59 Å². The Morgan fingerprint density at radius 1 is 1.50 bits per heavy atom. The van der Waals surface area contributed by atoms with Gasteiger partial charge >= 0.3 is 6.09 Å². The third-order valence-electron chi connectivity index (χ3n) is 4.38. The Morgan fingerprint density at radius 2 is 2.25 bits per heavy atom. The fourth-order valence-corrected chi connectivity index (χ4v) is 3.13. The second kappa shape index (κ2) is 8.14. The summed E-state index contributed by atoms with van der Waals surface area (Å²) in [6, 6.07) is -0.897. The summed E-state index contributed by atoms with van der Waals surface area (Å²) in [6.07, 6.45) is 3.02. The minimum atomic E-state index is -0.788. The van der Waals surface area contributed by atoms with Crippen molar-refractivity contribution in [3.05, 3.63) is 17.7 Å². The molecule has 134 valence electrons. The highest BCUT2D eigenvalue weighted by atomic mass is 16.5. The number of H-pyrrole nitrogens is 1. The lowest BCUT2D eigenvalue weighted by Crippen LogP contribution is -2.54. The fraction of sp³-hybridized carbons (Fsp3) is 0.688. The number of nitrogens with zero attached hydrogens (tertiary/aromatic N) is 2. The van der Waals surface area contributed by atoms with Crippen LogP contribution in [0, 0.1) is 6.92 Å². The Labute approximate surface area is 141 Å². The number of imidazole rings is 1. The number of carbonyl (C=O) groups is 2. The zero-order chi connectivity index (χ0) is 17.7. The van der Waals surface area contributed by atoms with Gasteiger partial charge in [-0.3, -0.25) is 4.79 Å². The summed E-state index contributed by atoms with van der Waals surface area (Å²) < 4.78 is 10.0. The molecule has 2 rings (SSSR count). The van der Waals surface area contributed by atoms with Gasteiger partial charge in [0.25, 0.3) is 0 Å². The predicted molar refractivity (Wildman–Crippen MR) is 87.4 cm³/mol. The molecule has 0 radical (unpaired) electrons. The lowest BCUT2D eigenvalue weighted by molar-refractivity contribution is -0.138. The molecule has 0 bridgehead atoms. The van der Waals surface area contributed by atoms with E-state index in [0.717, 1.165) is 24.4 Å². The molecule has 8 nitrogen and oxygen atoms in total. The van der Waals surface area contributed by atoms with Crippen molar-refractivity contribution in [2.24, 2.45) is 0 Å². The maximum absolute atomic E-state index is 13.1. The van der Waals surface area contributed by atoms with Gasteiger partial charge in [-0.25, -0.2) is 9.78 Å². The normalized spacial score (nSPS) is 19.8. The number of alkyl carbamates (subject to hydrolysis) is 1. The molecular formula is C16H26N4O4. The number of ether oxygens (including phenoxy) is 2. The average Bonchev–Trinajstić information content (AvgIpc) is 3.22. The van der Waals surface area contributed by atoms with Gasteiger partial charge in [0.2, 0.25) is 5.91 Å². The molecule has 1 aliphatic rings. The summed E-state index contributed by atoms with van der Waals surface area (Å²) in [5.74, 6) is 0.603. The van der Waals surface area contributed by atoms with Crippen molar-refractivity contribution < 1.29 is 19.1 Å². The van der Waals surface area contributed by atoms with E-state index in [2.05, 4.69) is 20.0 Å². The molecule has 0 spiro atoms. The third-order valence-corrected chi connectivity index (χ3v) is 4.38. The van der Waals surface area contributed by atoms with Crippen molar-refractivity contribution in [1.29, 1.82) is 0 Å². The number of aromatic nitrogens is 2. The van der Waals surface area contributed by atoms with E-state index >= 15 is 0 Å². The van der Waals surface area contributed by atoms with Gasteiger partial charge in [0.1, 0.15) is 11.9 Å². The van der Waals surface area contributed by atoms with Gasteiger partial charge in [0, 0.05) is 25.5 Å². The molecule has 0 aliphatic carbocycles. The molecule has 2 N–H and O–H groups in total. The van der Waals surface area contributed by atoms with Gasteiger partial charge in [0.15, 0.2) is 0 Å². The molecule has 1 aromatic rings. The Kier molecular flexibility index (Phi) is 6.19. The van der Waals surface area contributed by atoms with Crippen LogP contribution in [0.2, 0.25) is 0 Å². The molecule has 8 heteroatoms. The van der Waals surface area contributed by atoms with Crippen LogP contribution in [-0.2, 0) is 14.3 Å². The first-order valence-corrected chi connectivity index (χ1v) is 8.21. The zero-order valence-electron chi connectivity index (χ0n) is 14.7. The Bertz CT molecular complexity index is 570. The average molecular weight is 338 g/mol. The van der Waals surface area contributed by atoms with E-state index in [-0.39, 0.29) is 11.9 Å². The van der Waals surface area contributed by atoms with Crippen LogP contribution in [0.1, 0.15) is 43.7 Å². The van der Waals surface area contributed by atoms with Crippen molar-refractivity contribution in [3.8, 4) is 0 Å².